The quantitative estimate of drug-likeness (QED) is 0.704. The van der Waals surface area contributed by atoms with Crippen molar-refractivity contribution in [3.63, 3.8) is 0 Å². The van der Waals surface area contributed by atoms with E-state index in [1.54, 1.807) is 0 Å². The zero-order chi connectivity index (χ0) is 20.0. The number of amides is 1. The molecule has 0 aliphatic rings. The number of nitrogens with zero attached hydrogens (tertiary/aromatic N) is 1. The van der Waals surface area contributed by atoms with Gasteiger partial charge in [0.25, 0.3) is 5.91 Å². The van der Waals surface area contributed by atoms with Gasteiger partial charge >= 0.3 is 5.97 Å². The largest absolute Gasteiger partial charge is 0.452 e. The molecule has 0 atom stereocenters. The van der Waals surface area contributed by atoms with Crippen LogP contribution in [0.1, 0.15) is 15.9 Å². The van der Waals surface area contributed by atoms with E-state index < -0.39 is 28.5 Å². The molecule has 0 saturated carbocycles. The van der Waals surface area contributed by atoms with Crippen LogP contribution in [0, 0.1) is 11.3 Å². The SMILES string of the molecule is CNS(=O)(=O)c1cccc(C(=O)OCC(=O)Nc2cc(Cl)ccc2C#N)c1. The number of nitriles is 1. The van der Waals surface area contributed by atoms with Gasteiger partial charge in [-0.2, -0.15) is 5.26 Å². The molecular formula is C17H14ClN3O5S. The minimum atomic E-state index is -3.72. The Morgan fingerprint density at radius 2 is 1.96 bits per heavy atom. The van der Waals surface area contributed by atoms with Crippen molar-refractivity contribution < 1.29 is 22.7 Å². The topological polar surface area (TPSA) is 125 Å². The van der Waals surface area contributed by atoms with Gasteiger partial charge in [0, 0.05) is 5.02 Å². The summed E-state index contributed by atoms with van der Waals surface area (Å²) in [6, 6.07) is 11.4. The van der Waals surface area contributed by atoms with Crippen LogP contribution in [-0.4, -0.2) is 33.9 Å². The van der Waals surface area contributed by atoms with E-state index in [-0.39, 0.29) is 21.7 Å². The minimum absolute atomic E-state index is 0.0282. The van der Waals surface area contributed by atoms with E-state index in [0.717, 1.165) is 6.07 Å². The second-order valence-electron chi connectivity index (χ2n) is 5.16. The molecule has 0 unspecified atom stereocenters. The summed E-state index contributed by atoms with van der Waals surface area (Å²) in [5, 5.41) is 11.8. The predicted molar refractivity (Wildman–Crippen MR) is 97.8 cm³/mol. The van der Waals surface area contributed by atoms with Gasteiger partial charge in [0.1, 0.15) is 6.07 Å². The summed E-state index contributed by atoms with van der Waals surface area (Å²) in [6.45, 7) is -0.626. The molecule has 2 N–H and O–H groups in total. The maximum absolute atomic E-state index is 12.1. The zero-order valence-electron chi connectivity index (χ0n) is 14.0. The fourth-order valence-corrected chi connectivity index (χ4v) is 2.97. The molecule has 0 fully saturated rings. The Hall–Kier alpha value is -2.93. The van der Waals surface area contributed by atoms with Crippen LogP contribution in [0.4, 0.5) is 5.69 Å². The number of esters is 1. The first-order valence-electron chi connectivity index (χ1n) is 7.47. The van der Waals surface area contributed by atoms with Crippen molar-refractivity contribution in [2.24, 2.45) is 0 Å². The Labute approximate surface area is 160 Å². The van der Waals surface area contributed by atoms with Crippen LogP contribution >= 0.6 is 11.6 Å². The summed E-state index contributed by atoms with van der Waals surface area (Å²) in [6.07, 6.45) is 0. The molecule has 2 rings (SSSR count). The van der Waals surface area contributed by atoms with Crippen LogP contribution in [0.15, 0.2) is 47.4 Å². The molecule has 0 bridgehead atoms. The molecule has 2 aromatic carbocycles. The number of rotatable bonds is 6. The van der Waals surface area contributed by atoms with E-state index in [9.17, 15) is 18.0 Å². The van der Waals surface area contributed by atoms with Gasteiger partial charge in [-0.15, -0.1) is 0 Å². The van der Waals surface area contributed by atoms with Gasteiger partial charge in [-0.05, 0) is 43.4 Å². The highest BCUT2D eigenvalue weighted by Crippen LogP contribution is 2.20. The van der Waals surface area contributed by atoms with Crippen molar-refractivity contribution in [3.05, 3.63) is 58.6 Å². The number of anilines is 1. The third-order valence-corrected chi connectivity index (χ3v) is 5.01. The van der Waals surface area contributed by atoms with Gasteiger partial charge in [-0.25, -0.2) is 17.9 Å². The first-order chi connectivity index (χ1) is 12.8. The zero-order valence-corrected chi connectivity index (χ0v) is 15.6. The standard InChI is InChI=1S/C17H14ClN3O5S/c1-20-27(24,25)14-4-2-3-11(7-14)17(23)26-10-16(22)21-15-8-13(18)6-5-12(15)9-19/h2-8,20H,10H2,1H3,(H,21,22). The molecule has 10 heteroatoms. The lowest BCUT2D eigenvalue weighted by molar-refractivity contribution is -0.119. The molecule has 0 aromatic heterocycles. The summed E-state index contributed by atoms with van der Waals surface area (Å²) in [7, 11) is -2.47. The van der Waals surface area contributed by atoms with Gasteiger partial charge < -0.3 is 10.1 Å². The van der Waals surface area contributed by atoms with E-state index in [0.29, 0.717) is 5.02 Å². The molecule has 2 aromatic rings. The number of hydrogen-bond donors (Lipinski definition) is 2. The molecule has 1 amide bonds. The van der Waals surface area contributed by atoms with Crippen LogP contribution in [-0.2, 0) is 19.6 Å². The molecule has 140 valence electrons. The Bertz CT molecular complexity index is 1030. The summed E-state index contributed by atoms with van der Waals surface area (Å²) in [5.74, 6) is -1.55. The lowest BCUT2D eigenvalue weighted by Gasteiger charge is -2.09. The summed E-state index contributed by atoms with van der Waals surface area (Å²) in [5.41, 5.74) is 0.358. The Morgan fingerprint density at radius 1 is 1.22 bits per heavy atom. The van der Waals surface area contributed by atoms with Crippen LogP contribution in [0.5, 0.6) is 0 Å². The van der Waals surface area contributed by atoms with E-state index in [1.165, 1.54) is 43.4 Å². The van der Waals surface area contributed by atoms with Crippen LogP contribution < -0.4 is 10.0 Å². The molecule has 0 radical (unpaired) electrons. The summed E-state index contributed by atoms with van der Waals surface area (Å²) >= 11 is 5.83. The van der Waals surface area contributed by atoms with Crippen molar-refractivity contribution in [2.45, 2.75) is 4.90 Å². The number of carbonyl (C=O) groups is 2. The first kappa shape index (κ1) is 20.4. The molecule has 0 spiro atoms. The number of carbonyl (C=O) groups excluding carboxylic acids is 2. The smallest absolute Gasteiger partial charge is 0.338 e. The molecule has 0 saturated heterocycles. The summed E-state index contributed by atoms with van der Waals surface area (Å²) < 4.78 is 30.6. The Morgan fingerprint density at radius 3 is 2.63 bits per heavy atom. The number of hydrogen-bond acceptors (Lipinski definition) is 6. The second-order valence-corrected chi connectivity index (χ2v) is 7.48. The molecule has 0 heterocycles. The maximum Gasteiger partial charge on any atom is 0.338 e. The average molecular weight is 408 g/mol. The first-order valence-corrected chi connectivity index (χ1v) is 9.33. The van der Waals surface area contributed by atoms with Crippen molar-refractivity contribution in [2.75, 3.05) is 19.0 Å². The van der Waals surface area contributed by atoms with Gasteiger partial charge in [-0.1, -0.05) is 17.7 Å². The van der Waals surface area contributed by atoms with Crippen molar-refractivity contribution in [1.29, 1.82) is 5.26 Å². The Kier molecular flexibility index (Phi) is 6.52. The molecule has 8 nitrogen and oxygen atoms in total. The van der Waals surface area contributed by atoms with Gasteiger partial charge in [0.05, 0.1) is 21.7 Å². The predicted octanol–water partition coefficient (Wildman–Crippen LogP) is 1.92. The minimum Gasteiger partial charge on any atom is -0.452 e. The molecule has 27 heavy (non-hydrogen) atoms. The van der Waals surface area contributed by atoms with Crippen molar-refractivity contribution in [1.82, 2.24) is 4.72 Å². The van der Waals surface area contributed by atoms with Crippen LogP contribution in [0.2, 0.25) is 5.02 Å². The number of sulfonamides is 1. The molecule has 0 aliphatic carbocycles. The highest BCUT2D eigenvalue weighted by molar-refractivity contribution is 7.89. The number of halogens is 1. The van der Waals surface area contributed by atoms with Gasteiger partial charge in [-0.3, -0.25) is 4.79 Å². The van der Waals surface area contributed by atoms with Gasteiger partial charge in [0.15, 0.2) is 6.61 Å². The lowest BCUT2D eigenvalue weighted by atomic mass is 10.2. The average Bonchev–Trinajstić information content (AvgIpc) is 2.66. The van der Waals surface area contributed by atoms with E-state index in [4.69, 9.17) is 21.6 Å². The van der Waals surface area contributed by atoms with E-state index in [1.807, 2.05) is 6.07 Å². The fraction of sp³-hybridized carbons (Fsp3) is 0.118. The number of benzene rings is 2. The Balaban J connectivity index is 2.04. The lowest BCUT2D eigenvalue weighted by Crippen LogP contribution is -2.22. The number of nitrogens with one attached hydrogen (secondary N) is 2. The van der Waals surface area contributed by atoms with E-state index >= 15 is 0 Å². The summed E-state index contributed by atoms with van der Waals surface area (Å²) in [4.78, 5) is 23.9. The maximum atomic E-state index is 12.1. The monoisotopic (exact) mass is 407 g/mol. The van der Waals surface area contributed by atoms with Crippen molar-refractivity contribution in [3.8, 4) is 6.07 Å². The molecular weight excluding hydrogens is 394 g/mol. The van der Waals surface area contributed by atoms with E-state index in [2.05, 4.69) is 10.0 Å². The van der Waals surface area contributed by atoms with Crippen LogP contribution in [0.25, 0.3) is 0 Å². The van der Waals surface area contributed by atoms with Gasteiger partial charge in [0.2, 0.25) is 10.0 Å². The van der Waals surface area contributed by atoms with Crippen molar-refractivity contribution >= 4 is 39.2 Å². The third kappa shape index (κ3) is 5.27. The highest BCUT2D eigenvalue weighted by atomic mass is 35.5. The third-order valence-electron chi connectivity index (χ3n) is 3.36. The second kappa shape index (κ2) is 8.64. The number of ether oxygens (including phenoxy) is 1. The highest BCUT2D eigenvalue weighted by Gasteiger charge is 2.16. The van der Waals surface area contributed by atoms with Crippen LogP contribution in [0.3, 0.4) is 0 Å². The fourth-order valence-electron chi connectivity index (χ4n) is 2.03. The molecule has 0 aliphatic heterocycles. The normalized spacial score (nSPS) is 10.7.